The van der Waals surface area contributed by atoms with Crippen LogP contribution in [0.2, 0.25) is 0 Å². The van der Waals surface area contributed by atoms with Gasteiger partial charge in [0.05, 0.1) is 12.2 Å². The summed E-state index contributed by atoms with van der Waals surface area (Å²) in [5.41, 5.74) is 7.81. The maximum atomic E-state index is 12.3. The molecule has 0 fully saturated rings. The van der Waals surface area contributed by atoms with Crippen LogP contribution in [-0.2, 0) is 14.3 Å². The number of ether oxygens (including phenoxy) is 2. The fraction of sp³-hybridized carbons (Fsp3) is 0.318. The van der Waals surface area contributed by atoms with Gasteiger partial charge in [-0.15, -0.1) is 0 Å². The van der Waals surface area contributed by atoms with Crippen LogP contribution in [0.25, 0.3) is 0 Å². The van der Waals surface area contributed by atoms with Crippen molar-refractivity contribution >= 4 is 23.4 Å². The highest BCUT2D eigenvalue weighted by Crippen LogP contribution is 2.17. The smallest absolute Gasteiger partial charge is 0.273 e. The predicted octanol–water partition coefficient (Wildman–Crippen LogP) is 2.51. The van der Waals surface area contributed by atoms with Crippen LogP contribution in [0.3, 0.4) is 0 Å². The van der Waals surface area contributed by atoms with Gasteiger partial charge in [0.25, 0.3) is 5.91 Å². The van der Waals surface area contributed by atoms with Crippen LogP contribution >= 0.6 is 0 Å². The monoisotopic (exact) mass is 413 g/mol. The van der Waals surface area contributed by atoms with E-state index in [9.17, 15) is 14.4 Å². The Hall–Kier alpha value is -3.39. The maximum Gasteiger partial charge on any atom is 0.273 e. The van der Waals surface area contributed by atoms with Gasteiger partial charge in [-0.05, 0) is 49.2 Å². The number of benzene rings is 2. The molecule has 2 aromatic carbocycles. The molecule has 160 valence electrons. The number of hydrogen-bond donors (Lipinski definition) is 3. The topological polar surface area (TPSA) is 106 Å². The van der Waals surface area contributed by atoms with E-state index < -0.39 is 11.8 Å². The van der Waals surface area contributed by atoms with Gasteiger partial charge < -0.3 is 14.8 Å². The number of nitrogens with one attached hydrogen (secondary N) is 3. The molecule has 0 aromatic heterocycles. The molecule has 0 aliphatic rings. The summed E-state index contributed by atoms with van der Waals surface area (Å²) in [6.45, 7) is 4.63. The van der Waals surface area contributed by atoms with E-state index in [0.29, 0.717) is 24.7 Å². The molecule has 2 rings (SSSR count). The highest BCUT2D eigenvalue weighted by atomic mass is 16.5. The second-order valence-corrected chi connectivity index (χ2v) is 6.69. The van der Waals surface area contributed by atoms with Gasteiger partial charge in [-0.2, -0.15) is 0 Å². The summed E-state index contributed by atoms with van der Waals surface area (Å²) in [7, 11) is 1.56. The number of anilines is 1. The van der Waals surface area contributed by atoms with Crippen LogP contribution in [0, 0.1) is 13.8 Å². The van der Waals surface area contributed by atoms with Gasteiger partial charge in [0, 0.05) is 25.6 Å². The van der Waals surface area contributed by atoms with E-state index in [1.165, 1.54) is 0 Å². The second kappa shape index (κ2) is 11.6. The number of aryl methyl sites for hydroxylation is 2. The summed E-state index contributed by atoms with van der Waals surface area (Å²) < 4.78 is 10.4. The Morgan fingerprint density at radius 1 is 0.867 bits per heavy atom. The molecule has 0 unspecified atom stereocenters. The molecule has 3 amide bonds. The quantitative estimate of drug-likeness (QED) is 0.433. The third-order valence-electron chi connectivity index (χ3n) is 4.36. The lowest BCUT2D eigenvalue weighted by molar-refractivity contribution is -0.124. The van der Waals surface area contributed by atoms with Gasteiger partial charge in [-0.3, -0.25) is 25.2 Å². The highest BCUT2D eigenvalue weighted by molar-refractivity contribution is 5.98. The van der Waals surface area contributed by atoms with Crippen LogP contribution in [-0.4, -0.2) is 38.0 Å². The predicted molar refractivity (Wildman–Crippen MR) is 113 cm³/mol. The lowest BCUT2D eigenvalue weighted by atomic mass is 10.1. The minimum absolute atomic E-state index is 0.00859. The van der Waals surface area contributed by atoms with E-state index in [4.69, 9.17) is 9.47 Å². The molecule has 0 bridgehead atoms. The van der Waals surface area contributed by atoms with Crippen molar-refractivity contribution in [3.63, 3.8) is 0 Å². The fourth-order valence-electron chi connectivity index (χ4n) is 2.54. The van der Waals surface area contributed by atoms with Gasteiger partial charge in [-0.1, -0.05) is 18.2 Å². The Morgan fingerprint density at radius 3 is 2.33 bits per heavy atom. The highest BCUT2D eigenvalue weighted by Gasteiger charge is 2.14. The van der Waals surface area contributed by atoms with Gasteiger partial charge in [0.1, 0.15) is 12.4 Å². The third kappa shape index (κ3) is 7.21. The van der Waals surface area contributed by atoms with Crippen molar-refractivity contribution in [2.24, 2.45) is 0 Å². The molecule has 30 heavy (non-hydrogen) atoms. The molecule has 0 spiro atoms. The van der Waals surface area contributed by atoms with Crippen molar-refractivity contribution in [1.82, 2.24) is 10.9 Å². The molecule has 0 aliphatic carbocycles. The Morgan fingerprint density at radius 2 is 1.60 bits per heavy atom. The van der Waals surface area contributed by atoms with Crippen molar-refractivity contribution in [2.45, 2.75) is 26.7 Å². The van der Waals surface area contributed by atoms with E-state index in [0.717, 1.165) is 11.1 Å². The van der Waals surface area contributed by atoms with Crippen molar-refractivity contribution in [2.75, 3.05) is 25.6 Å². The zero-order valence-corrected chi connectivity index (χ0v) is 17.4. The van der Waals surface area contributed by atoms with E-state index in [-0.39, 0.29) is 24.3 Å². The molecule has 0 saturated heterocycles. The number of carbonyl (C=O) groups excluding carboxylic acids is 3. The van der Waals surface area contributed by atoms with Gasteiger partial charge in [0.15, 0.2) is 0 Å². The minimum atomic E-state index is -0.518. The fourth-order valence-corrected chi connectivity index (χ4v) is 2.54. The number of amides is 3. The van der Waals surface area contributed by atoms with Crippen molar-refractivity contribution < 1.29 is 23.9 Å². The number of para-hydroxylation sites is 1. The molecule has 0 aliphatic heterocycles. The van der Waals surface area contributed by atoms with Gasteiger partial charge in [0.2, 0.25) is 11.8 Å². The summed E-state index contributed by atoms with van der Waals surface area (Å²) in [6.07, 6.45) is -0.0751. The molecular formula is C22H27N3O5. The molecular weight excluding hydrogens is 386 g/mol. The summed E-state index contributed by atoms with van der Waals surface area (Å²) in [6, 6.07) is 12.3. The summed E-state index contributed by atoms with van der Waals surface area (Å²) in [5, 5.41) is 2.75. The number of rotatable bonds is 9. The minimum Gasteiger partial charge on any atom is -0.490 e. The van der Waals surface area contributed by atoms with E-state index in [1.54, 1.807) is 31.4 Å². The number of hydrazine groups is 1. The number of hydrogen-bond acceptors (Lipinski definition) is 5. The van der Waals surface area contributed by atoms with Crippen molar-refractivity contribution in [3.8, 4) is 5.75 Å². The van der Waals surface area contributed by atoms with E-state index in [1.807, 2.05) is 32.0 Å². The first kappa shape index (κ1) is 22.9. The molecule has 2 aromatic rings. The molecule has 0 atom stereocenters. The molecule has 3 N–H and O–H groups in total. The van der Waals surface area contributed by atoms with Crippen LogP contribution in [0.5, 0.6) is 5.75 Å². The SMILES string of the molecule is COCCOc1ccccc1C(=O)NNC(=O)CCC(=O)Nc1ccc(C)c(C)c1. The van der Waals surface area contributed by atoms with E-state index >= 15 is 0 Å². The number of methoxy groups -OCH3 is 1. The Labute approximate surface area is 175 Å². The van der Waals surface area contributed by atoms with Gasteiger partial charge >= 0.3 is 0 Å². The standard InChI is InChI=1S/C22H27N3O5/c1-15-8-9-17(14-16(15)2)23-20(26)10-11-21(27)24-25-22(28)18-6-4-5-7-19(18)30-13-12-29-3/h4-9,14H,10-13H2,1-3H3,(H,23,26)(H,24,27)(H,25,28). The van der Waals surface area contributed by atoms with Crippen LogP contribution in [0.1, 0.15) is 34.3 Å². The van der Waals surface area contributed by atoms with Crippen molar-refractivity contribution in [3.05, 3.63) is 59.2 Å². The molecule has 0 radical (unpaired) electrons. The second-order valence-electron chi connectivity index (χ2n) is 6.69. The lowest BCUT2D eigenvalue weighted by Gasteiger charge is -2.12. The summed E-state index contributed by atoms with van der Waals surface area (Å²) in [5.74, 6) is -0.891. The molecule has 8 nitrogen and oxygen atoms in total. The first-order valence-corrected chi connectivity index (χ1v) is 9.57. The van der Waals surface area contributed by atoms with E-state index in [2.05, 4.69) is 16.2 Å². The molecule has 0 saturated carbocycles. The van der Waals surface area contributed by atoms with Crippen LogP contribution in [0.4, 0.5) is 5.69 Å². The molecule has 8 heteroatoms. The largest absolute Gasteiger partial charge is 0.490 e. The lowest BCUT2D eigenvalue weighted by Crippen LogP contribution is -2.42. The third-order valence-corrected chi connectivity index (χ3v) is 4.36. The summed E-state index contributed by atoms with van der Waals surface area (Å²) >= 11 is 0. The Balaban J connectivity index is 1.78. The first-order valence-electron chi connectivity index (χ1n) is 9.57. The normalized spacial score (nSPS) is 10.2. The Kier molecular flexibility index (Phi) is 8.83. The Bertz CT molecular complexity index is 898. The average Bonchev–Trinajstić information content (AvgIpc) is 2.73. The zero-order valence-electron chi connectivity index (χ0n) is 17.4. The summed E-state index contributed by atoms with van der Waals surface area (Å²) in [4.78, 5) is 36.3. The van der Waals surface area contributed by atoms with Crippen LogP contribution in [0.15, 0.2) is 42.5 Å². The molecule has 0 heterocycles. The number of carbonyl (C=O) groups is 3. The average molecular weight is 413 g/mol. The van der Waals surface area contributed by atoms with Crippen molar-refractivity contribution in [1.29, 1.82) is 0 Å². The maximum absolute atomic E-state index is 12.3. The zero-order chi connectivity index (χ0) is 21.9. The van der Waals surface area contributed by atoms with Crippen LogP contribution < -0.4 is 20.9 Å². The van der Waals surface area contributed by atoms with Gasteiger partial charge in [-0.25, -0.2) is 0 Å². The first-order chi connectivity index (χ1) is 14.4.